The fraction of sp³-hybridized carbons (Fsp3) is 0.409. The van der Waals surface area contributed by atoms with Gasteiger partial charge in [0, 0.05) is 29.3 Å². The predicted molar refractivity (Wildman–Crippen MR) is 110 cm³/mol. The Morgan fingerprint density at radius 2 is 1.94 bits per heavy atom. The average Bonchev–Trinajstić information content (AvgIpc) is 3.09. The van der Waals surface area contributed by atoms with Gasteiger partial charge in [0.2, 0.25) is 5.82 Å². The lowest BCUT2D eigenvalue weighted by atomic mass is 9.74. The van der Waals surface area contributed by atoms with E-state index in [1.54, 1.807) is 0 Å². The van der Waals surface area contributed by atoms with Crippen LogP contribution in [0, 0.1) is 17.6 Å². The van der Waals surface area contributed by atoms with E-state index in [1.165, 1.54) is 19.2 Å². The normalized spacial score (nSPS) is 24.6. The van der Waals surface area contributed by atoms with Gasteiger partial charge in [-0.2, -0.15) is 17.6 Å². The molecule has 3 rings (SSSR count). The van der Waals surface area contributed by atoms with Crippen LogP contribution in [0.15, 0.2) is 30.5 Å². The number of anilines is 1. The van der Waals surface area contributed by atoms with Gasteiger partial charge >= 0.3 is 6.18 Å². The number of hydrogen-bond acceptors (Lipinski definition) is 5. The molecule has 0 bridgehead atoms. The van der Waals surface area contributed by atoms with Crippen molar-refractivity contribution < 1.29 is 41.0 Å². The van der Waals surface area contributed by atoms with Crippen LogP contribution in [0.4, 0.5) is 27.6 Å². The van der Waals surface area contributed by atoms with Gasteiger partial charge in [0.15, 0.2) is 17.2 Å². The number of benzene rings is 1. The van der Waals surface area contributed by atoms with Gasteiger partial charge in [0.1, 0.15) is 11.8 Å². The third-order valence-electron chi connectivity index (χ3n) is 6.02. The zero-order valence-electron chi connectivity index (χ0n) is 18.4. The summed E-state index contributed by atoms with van der Waals surface area (Å²) >= 11 is 0. The average molecular weight is 487 g/mol. The number of amides is 2. The molecule has 4 atom stereocenters. The number of methoxy groups -OCH3 is 1. The minimum atomic E-state index is -4.89. The highest BCUT2D eigenvalue weighted by atomic mass is 19.4. The van der Waals surface area contributed by atoms with Crippen molar-refractivity contribution in [3.05, 3.63) is 53.4 Å². The van der Waals surface area contributed by atoms with Crippen LogP contribution in [0.3, 0.4) is 0 Å². The zero-order valence-corrected chi connectivity index (χ0v) is 18.4. The minimum Gasteiger partial charge on any atom is -0.493 e. The van der Waals surface area contributed by atoms with Crippen LogP contribution in [-0.4, -0.2) is 41.8 Å². The summed E-state index contributed by atoms with van der Waals surface area (Å²) in [4.78, 5) is 28.2. The number of hydrogen-bond donors (Lipinski definition) is 2. The molecule has 7 nitrogen and oxygen atoms in total. The van der Waals surface area contributed by atoms with E-state index in [-0.39, 0.29) is 23.4 Å². The number of nitrogens with one attached hydrogen (secondary N) is 1. The zero-order chi connectivity index (χ0) is 25.4. The Bertz CT molecular complexity index is 1110. The molecule has 0 radical (unpaired) electrons. The molecule has 34 heavy (non-hydrogen) atoms. The summed E-state index contributed by atoms with van der Waals surface area (Å²) in [6.07, 6.45) is -5.58. The Hall–Kier alpha value is -3.28. The summed E-state index contributed by atoms with van der Waals surface area (Å²) in [5.41, 5.74) is 2.09. The first-order valence-corrected chi connectivity index (χ1v) is 10.2. The highest BCUT2D eigenvalue weighted by molar-refractivity contribution is 5.97. The Kier molecular flexibility index (Phi) is 6.83. The van der Waals surface area contributed by atoms with Crippen molar-refractivity contribution >= 4 is 17.5 Å². The lowest BCUT2D eigenvalue weighted by Gasteiger charge is -2.33. The van der Waals surface area contributed by atoms with Gasteiger partial charge in [-0.15, -0.1) is 0 Å². The monoisotopic (exact) mass is 487 g/mol. The second kappa shape index (κ2) is 9.16. The molecule has 12 heteroatoms. The molecule has 1 fully saturated rings. The van der Waals surface area contributed by atoms with Crippen LogP contribution in [0.5, 0.6) is 5.75 Å². The van der Waals surface area contributed by atoms with Crippen molar-refractivity contribution in [2.45, 2.75) is 44.1 Å². The van der Waals surface area contributed by atoms with Crippen LogP contribution in [0.25, 0.3) is 0 Å². The highest BCUT2D eigenvalue weighted by Gasteiger charge is 2.66. The molecule has 1 aliphatic rings. The summed E-state index contributed by atoms with van der Waals surface area (Å²) in [6, 6.07) is 4.27. The third kappa shape index (κ3) is 4.29. The number of nitrogens with zero attached hydrogens (tertiary/aromatic N) is 1. The first-order chi connectivity index (χ1) is 15.9. The summed E-state index contributed by atoms with van der Waals surface area (Å²) in [5, 5.41) is 2.39. The largest absolute Gasteiger partial charge is 0.493 e. The number of pyridine rings is 1. The first-order valence-electron chi connectivity index (χ1n) is 10.2. The van der Waals surface area contributed by atoms with Gasteiger partial charge < -0.3 is 20.5 Å². The number of nitrogens with two attached hydrogens (primary N) is 1. The number of ether oxygens (including phenoxy) is 2. The molecular weight excluding hydrogens is 465 g/mol. The fourth-order valence-electron chi connectivity index (χ4n) is 4.37. The number of aromatic nitrogens is 1. The first kappa shape index (κ1) is 25.3. The molecule has 184 valence electrons. The molecular formula is C22H22F5N3O4. The van der Waals surface area contributed by atoms with Crippen LogP contribution < -0.4 is 15.8 Å². The molecule has 0 aliphatic carbocycles. The number of rotatable bonds is 6. The molecule has 1 saturated heterocycles. The van der Waals surface area contributed by atoms with Crippen molar-refractivity contribution in [3.63, 3.8) is 0 Å². The van der Waals surface area contributed by atoms with Crippen molar-refractivity contribution in [2.24, 2.45) is 11.7 Å². The van der Waals surface area contributed by atoms with Gasteiger partial charge in [-0.05, 0) is 31.5 Å². The quantitative estimate of drug-likeness (QED) is 0.601. The number of halogens is 5. The maximum atomic E-state index is 14.5. The summed E-state index contributed by atoms with van der Waals surface area (Å²) in [6.45, 7) is 2.28. The van der Waals surface area contributed by atoms with E-state index in [4.69, 9.17) is 15.2 Å². The number of alkyl halides is 3. The van der Waals surface area contributed by atoms with Crippen LogP contribution >= 0.6 is 0 Å². The van der Waals surface area contributed by atoms with E-state index in [1.807, 2.05) is 0 Å². The van der Waals surface area contributed by atoms with Crippen molar-refractivity contribution in [3.8, 4) is 5.75 Å². The maximum absolute atomic E-state index is 14.5. The van der Waals surface area contributed by atoms with E-state index in [9.17, 15) is 31.5 Å². The summed E-state index contributed by atoms with van der Waals surface area (Å²) in [5.74, 6) is -7.84. The highest BCUT2D eigenvalue weighted by Crippen LogP contribution is 2.56. The lowest BCUT2D eigenvalue weighted by molar-refractivity contribution is -0.274. The molecule has 2 heterocycles. The van der Waals surface area contributed by atoms with Crippen LogP contribution in [0.2, 0.25) is 0 Å². The molecule has 1 aromatic carbocycles. The molecule has 1 aliphatic heterocycles. The Balaban J connectivity index is 2.11. The number of carbonyl (C=O) groups excluding carboxylic acids is 2. The standard InChI is InChI=1S/C22H22F5N3O4/c1-4-12-15(11-5-6-13(23)16(24)17(11)33-3)18(34-21(12,2)22(25,26)27)20(32)30-10-7-8-29-14(9-10)19(28)31/h5-9,12,15,18H,4H2,1-3H3,(H2,28,31)(H,29,30,32)/t12-,15-,18-,21-/m1/s1. The maximum Gasteiger partial charge on any atom is 0.417 e. The number of primary amides is 1. The molecule has 0 saturated carbocycles. The molecule has 0 unspecified atom stereocenters. The van der Waals surface area contributed by atoms with Crippen molar-refractivity contribution in [1.29, 1.82) is 0 Å². The SMILES string of the molecule is CC[C@@H]1[C@@H](c2ccc(F)c(F)c2OC)[C@H](C(=O)Nc2ccnc(C(N)=O)c2)O[C@@]1(C)C(F)(F)F. The van der Waals surface area contributed by atoms with E-state index in [2.05, 4.69) is 10.3 Å². The second-order valence-electron chi connectivity index (χ2n) is 7.95. The Morgan fingerprint density at radius 1 is 1.26 bits per heavy atom. The van der Waals surface area contributed by atoms with E-state index in [0.717, 1.165) is 32.2 Å². The van der Waals surface area contributed by atoms with E-state index in [0.29, 0.717) is 0 Å². The topological polar surface area (TPSA) is 104 Å². The molecule has 3 N–H and O–H groups in total. The van der Waals surface area contributed by atoms with Gasteiger partial charge in [-0.25, -0.2) is 4.39 Å². The minimum absolute atomic E-state index is 0.0297. The lowest BCUT2D eigenvalue weighted by Crippen LogP contribution is -2.48. The van der Waals surface area contributed by atoms with Gasteiger partial charge in [0.25, 0.3) is 11.8 Å². The van der Waals surface area contributed by atoms with E-state index < -0.39 is 58.9 Å². The Morgan fingerprint density at radius 3 is 2.50 bits per heavy atom. The van der Waals surface area contributed by atoms with Crippen molar-refractivity contribution in [2.75, 3.05) is 12.4 Å². The summed E-state index contributed by atoms with van der Waals surface area (Å²) < 4.78 is 80.9. The predicted octanol–water partition coefficient (Wildman–Crippen LogP) is 3.94. The fourth-order valence-corrected chi connectivity index (χ4v) is 4.37. The molecule has 0 spiro atoms. The molecule has 1 aromatic heterocycles. The van der Waals surface area contributed by atoms with E-state index >= 15 is 0 Å². The summed E-state index contributed by atoms with van der Waals surface area (Å²) in [7, 11) is 1.04. The number of carbonyl (C=O) groups is 2. The second-order valence-corrected chi connectivity index (χ2v) is 7.95. The third-order valence-corrected chi connectivity index (χ3v) is 6.02. The molecule has 2 amide bonds. The van der Waals surface area contributed by atoms with Crippen LogP contribution in [-0.2, 0) is 9.53 Å². The molecule has 2 aromatic rings. The van der Waals surface area contributed by atoms with Crippen molar-refractivity contribution in [1.82, 2.24) is 4.98 Å². The van der Waals surface area contributed by atoms with Gasteiger partial charge in [-0.1, -0.05) is 13.0 Å². The smallest absolute Gasteiger partial charge is 0.417 e. The van der Waals surface area contributed by atoms with Crippen LogP contribution in [0.1, 0.15) is 42.2 Å². The van der Waals surface area contributed by atoms with Gasteiger partial charge in [-0.3, -0.25) is 14.6 Å². The Labute approximate surface area is 191 Å². The van der Waals surface area contributed by atoms with Gasteiger partial charge in [0.05, 0.1) is 7.11 Å².